The lowest BCUT2D eigenvalue weighted by Gasteiger charge is -2.24. The molecule has 1 N–H and O–H groups in total. The normalized spacial score (nSPS) is 13.6. The molecule has 0 aliphatic rings. The fourth-order valence-electron chi connectivity index (χ4n) is 9.52. The largest absolute Gasteiger partial charge is 0.472 e. The molecule has 0 aliphatic heterocycles. The van der Waals surface area contributed by atoms with Crippen LogP contribution in [0.15, 0.2) is 60.8 Å². The third-order valence-electron chi connectivity index (χ3n) is 14.6. The number of carbonyl (C=O) groups is 2. The van der Waals surface area contributed by atoms with Gasteiger partial charge < -0.3 is 18.9 Å². The first-order valence-corrected chi connectivity index (χ1v) is 34.5. The highest BCUT2D eigenvalue weighted by molar-refractivity contribution is 7.47. The highest BCUT2D eigenvalue weighted by Gasteiger charge is 2.27. The Balaban J connectivity index is 4.06. The number of esters is 2. The van der Waals surface area contributed by atoms with Gasteiger partial charge in [-0.25, -0.2) is 4.57 Å². The minimum atomic E-state index is -4.39. The average Bonchev–Trinajstić information content (AvgIpc) is 3.40. The Hall–Kier alpha value is -2.29. The minimum absolute atomic E-state index is 0.0300. The Kier molecular flexibility index (Phi) is 57.6. The van der Waals surface area contributed by atoms with Crippen LogP contribution in [0.5, 0.6) is 0 Å². The molecule has 0 aliphatic carbocycles. The van der Waals surface area contributed by atoms with Crippen LogP contribution in [0, 0.1) is 0 Å². The molecule has 78 heavy (non-hydrogen) atoms. The fourth-order valence-corrected chi connectivity index (χ4v) is 10.3. The molecule has 0 amide bonds. The van der Waals surface area contributed by atoms with Crippen LogP contribution in [-0.2, 0) is 32.7 Å². The third-order valence-corrected chi connectivity index (χ3v) is 15.5. The summed E-state index contributed by atoms with van der Waals surface area (Å²) in [5, 5.41) is 0. The third kappa shape index (κ3) is 62.9. The molecule has 0 spiro atoms. The van der Waals surface area contributed by atoms with Gasteiger partial charge in [0.2, 0.25) is 0 Å². The van der Waals surface area contributed by atoms with E-state index in [1.54, 1.807) is 0 Å². The van der Waals surface area contributed by atoms with Crippen molar-refractivity contribution in [2.24, 2.45) is 0 Å². The SMILES string of the molecule is CC/C=C\C/C=C\C/C=C\C/C=C\C/C=C\CCCCCCCCCCCC(=O)OC(COC(=O)CCCCCCCCCCCCCCCCCCCCCCCCCCCCCCC)COP(=O)(O)OCC[N+](C)(C)C. The van der Waals surface area contributed by atoms with Gasteiger partial charge in [0.05, 0.1) is 27.7 Å². The molecule has 2 unspecified atom stereocenters. The van der Waals surface area contributed by atoms with E-state index < -0.39 is 26.5 Å². The number of hydrogen-bond acceptors (Lipinski definition) is 7. The van der Waals surface area contributed by atoms with E-state index in [0.29, 0.717) is 23.9 Å². The Labute approximate surface area is 483 Å². The predicted octanol–water partition coefficient (Wildman–Crippen LogP) is 21.0. The summed E-state index contributed by atoms with van der Waals surface area (Å²) in [5.41, 5.74) is 0. The first kappa shape index (κ1) is 75.7. The van der Waals surface area contributed by atoms with Crippen LogP contribution in [0.2, 0.25) is 0 Å². The van der Waals surface area contributed by atoms with Crippen molar-refractivity contribution in [3.05, 3.63) is 60.8 Å². The minimum Gasteiger partial charge on any atom is -0.462 e. The zero-order valence-electron chi connectivity index (χ0n) is 51.9. The summed E-state index contributed by atoms with van der Waals surface area (Å²) in [7, 11) is 1.48. The molecule has 9 nitrogen and oxygen atoms in total. The van der Waals surface area contributed by atoms with Gasteiger partial charge in [-0.15, -0.1) is 0 Å². The van der Waals surface area contributed by atoms with Crippen molar-refractivity contribution >= 4 is 19.8 Å². The van der Waals surface area contributed by atoms with Gasteiger partial charge in [-0.2, -0.15) is 0 Å². The number of allylic oxidation sites excluding steroid dienone is 10. The smallest absolute Gasteiger partial charge is 0.462 e. The van der Waals surface area contributed by atoms with Gasteiger partial charge in [0, 0.05) is 12.8 Å². The maximum atomic E-state index is 12.8. The zero-order valence-corrected chi connectivity index (χ0v) is 52.8. The van der Waals surface area contributed by atoms with Crippen molar-refractivity contribution in [2.75, 3.05) is 47.5 Å². The molecular weight excluding hydrogens is 990 g/mol. The first-order valence-electron chi connectivity index (χ1n) is 33.0. The van der Waals surface area contributed by atoms with E-state index in [-0.39, 0.29) is 25.6 Å². The molecule has 0 saturated carbocycles. The van der Waals surface area contributed by atoms with Crippen LogP contribution in [0.1, 0.15) is 309 Å². The number of phosphoric ester groups is 1. The molecule has 0 rings (SSSR count). The zero-order chi connectivity index (χ0) is 57.0. The number of ether oxygens (including phenoxy) is 2. The van der Waals surface area contributed by atoms with Crippen LogP contribution in [-0.4, -0.2) is 74.9 Å². The molecular formula is C68H127NO8P+. The summed E-state index contributed by atoms with van der Waals surface area (Å²) < 4.78 is 34.7. The second-order valence-corrected chi connectivity index (χ2v) is 24.9. The molecule has 0 heterocycles. The molecule has 0 saturated heterocycles. The number of nitrogens with zero attached hydrogens (tertiary/aromatic N) is 1. The number of rotatable bonds is 61. The second kappa shape index (κ2) is 59.3. The summed E-state index contributed by atoms with van der Waals surface area (Å²) in [4.78, 5) is 35.8. The fraction of sp³-hybridized carbons (Fsp3) is 0.824. The molecule has 0 aromatic rings. The van der Waals surface area contributed by atoms with Crippen molar-refractivity contribution in [3.63, 3.8) is 0 Å². The average molecular weight is 1120 g/mol. The molecule has 10 heteroatoms. The number of carbonyl (C=O) groups excluding carboxylic acids is 2. The van der Waals surface area contributed by atoms with Gasteiger partial charge >= 0.3 is 19.8 Å². The molecule has 0 aromatic heterocycles. The number of phosphoric acid groups is 1. The monoisotopic (exact) mass is 1120 g/mol. The lowest BCUT2D eigenvalue weighted by molar-refractivity contribution is -0.870. The predicted molar refractivity (Wildman–Crippen MR) is 335 cm³/mol. The molecule has 0 aromatic carbocycles. The van der Waals surface area contributed by atoms with E-state index in [0.717, 1.165) is 77.0 Å². The van der Waals surface area contributed by atoms with Crippen LogP contribution < -0.4 is 0 Å². The lowest BCUT2D eigenvalue weighted by atomic mass is 10.0. The van der Waals surface area contributed by atoms with E-state index in [1.165, 1.54) is 199 Å². The quantitative estimate of drug-likeness (QED) is 0.0211. The highest BCUT2D eigenvalue weighted by Crippen LogP contribution is 2.43. The van der Waals surface area contributed by atoms with Gasteiger partial charge in [-0.3, -0.25) is 18.6 Å². The Morgan fingerprint density at radius 3 is 1.09 bits per heavy atom. The standard InChI is InChI=1S/C68H126NO8P/c1-6-8-10-12-14-16-18-20-22-24-26-28-30-32-33-34-35-37-38-40-42-44-46-48-50-52-54-56-58-60-67(70)74-64-66(65-76-78(72,73)75-63-62-69(3,4)5)77-68(71)61-59-57-55-53-51-49-47-45-43-41-39-36-31-29-27-25-23-21-19-17-15-13-11-9-7-2/h9,11,15,17,21,23,27,29,36,39,66H,6-8,10,12-14,16,18-20,22,24-26,28,30-35,37-38,40-65H2,1-5H3/p+1/b11-9-,17-15-,23-21-,29-27-,39-36-. The van der Waals surface area contributed by atoms with Crippen LogP contribution >= 0.6 is 7.82 Å². The maximum Gasteiger partial charge on any atom is 0.472 e. The topological polar surface area (TPSA) is 108 Å². The lowest BCUT2D eigenvalue weighted by Crippen LogP contribution is -2.37. The van der Waals surface area contributed by atoms with Gasteiger partial charge in [0.15, 0.2) is 6.10 Å². The molecule has 0 fully saturated rings. The molecule has 0 bridgehead atoms. The Morgan fingerprint density at radius 1 is 0.410 bits per heavy atom. The summed E-state index contributed by atoms with van der Waals surface area (Å²) in [5.74, 6) is -0.792. The van der Waals surface area contributed by atoms with Crippen LogP contribution in [0.3, 0.4) is 0 Å². The maximum absolute atomic E-state index is 12.8. The van der Waals surface area contributed by atoms with Crippen LogP contribution in [0.4, 0.5) is 0 Å². The summed E-state index contributed by atoms with van der Waals surface area (Å²) in [6.07, 6.45) is 77.4. The number of quaternary nitrogens is 1. The van der Waals surface area contributed by atoms with Gasteiger partial charge in [-0.1, -0.05) is 299 Å². The van der Waals surface area contributed by atoms with Crippen molar-refractivity contribution in [1.29, 1.82) is 0 Å². The van der Waals surface area contributed by atoms with Crippen molar-refractivity contribution in [2.45, 2.75) is 315 Å². The van der Waals surface area contributed by atoms with Gasteiger partial charge in [0.1, 0.15) is 19.8 Å². The Morgan fingerprint density at radius 2 is 0.731 bits per heavy atom. The first-order chi connectivity index (χ1) is 38.0. The summed E-state index contributed by atoms with van der Waals surface area (Å²) in [6.45, 7) is 4.36. The van der Waals surface area contributed by atoms with E-state index in [1.807, 2.05) is 21.1 Å². The van der Waals surface area contributed by atoms with E-state index in [9.17, 15) is 19.0 Å². The molecule has 0 radical (unpaired) electrons. The highest BCUT2D eigenvalue weighted by atomic mass is 31.2. The summed E-state index contributed by atoms with van der Waals surface area (Å²) in [6, 6.07) is 0. The van der Waals surface area contributed by atoms with Crippen molar-refractivity contribution in [3.8, 4) is 0 Å². The number of unbranched alkanes of at least 4 members (excludes halogenated alkanes) is 37. The van der Waals surface area contributed by atoms with E-state index >= 15 is 0 Å². The van der Waals surface area contributed by atoms with E-state index in [4.69, 9.17) is 18.5 Å². The van der Waals surface area contributed by atoms with Gasteiger partial charge in [0.25, 0.3) is 0 Å². The van der Waals surface area contributed by atoms with Crippen molar-refractivity contribution in [1.82, 2.24) is 0 Å². The Bertz CT molecular complexity index is 1500. The second-order valence-electron chi connectivity index (χ2n) is 23.5. The molecule has 2 atom stereocenters. The van der Waals surface area contributed by atoms with Gasteiger partial charge in [-0.05, 0) is 57.8 Å². The number of likely N-dealkylation sites (N-methyl/N-ethyl adjacent to an activating group) is 1. The number of hydrogen-bond donors (Lipinski definition) is 1. The summed E-state index contributed by atoms with van der Waals surface area (Å²) >= 11 is 0. The molecule has 456 valence electrons. The van der Waals surface area contributed by atoms with Crippen molar-refractivity contribution < 1.29 is 42.1 Å². The van der Waals surface area contributed by atoms with Crippen LogP contribution in [0.25, 0.3) is 0 Å². The van der Waals surface area contributed by atoms with E-state index in [2.05, 4.69) is 74.6 Å².